The first kappa shape index (κ1) is 74.1. The summed E-state index contributed by atoms with van der Waals surface area (Å²) >= 11 is 1.85. The predicted molar refractivity (Wildman–Crippen MR) is 320 cm³/mol. The summed E-state index contributed by atoms with van der Waals surface area (Å²) in [5, 5.41) is 9.08. The summed E-state index contributed by atoms with van der Waals surface area (Å²) in [7, 11) is 7.14. The molecule has 20 nitrogen and oxygen atoms in total. The van der Waals surface area contributed by atoms with Crippen LogP contribution in [-0.4, -0.2) is 101 Å². The quantitative estimate of drug-likeness (QED) is 0.0188. The third-order valence-electron chi connectivity index (χ3n) is 10.2. The Morgan fingerprint density at radius 2 is 0.827 bits per heavy atom. The number of aliphatic carboxylic acids is 1. The Labute approximate surface area is 507 Å². The van der Waals surface area contributed by atoms with Gasteiger partial charge in [0.25, 0.3) is 0 Å². The number of nitrogens with one attached hydrogen (secondary N) is 3. The van der Waals surface area contributed by atoms with Crippen LogP contribution in [0.3, 0.4) is 0 Å². The topological polar surface area (TPSA) is 276 Å². The van der Waals surface area contributed by atoms with E-state index in [0.717, 1.165) is 36.2 Å². The number of rotatable bonds is 22. The molecule has 0 fully saturated rings. The third kappa shape index (κ3) is 27.4. The summed E-state index contributed by atoms with van der Waals surface area (Å²) in [6.45, 7) is 14.6. The van der Waals surface area contributed by atoms with Crippen molar-refractivity contribution in [3.63, 3.8) is 0 Å². The number of hydrogen-bond donors (Lipinski definition) is 5. The Kier molecular flexibility index (Phi) is 36.2. The van der Waals surface area contributed by atoms with Crippen molar-refractivity contribution in [1.82, 2.24) is 16.4 Å². The lowest BCUT2D eigenvalue weighted by molar-refractivity contribution is -0.147. The molecule has 3 aromatic heterocycles. The number of carbonyl (C=O) groups is 4. The third-order valence-corrected chi connectivity index (χ3v) is 17.3. The molecular formula is C53H68BrClN4O16S6. The monoisotopic (exact) mass is 1320 g/mol. The van der Waals surface area contributed by atoms with Crippen molar-refractivity contribution < 1.29 is 73.4 Å². The fourth-order valence-electron chi connectivity index (χ4n) is 5.41. The molecular weight excluding hydrogens is 1260 g/mol. The number of ether oxygens (including phenoxy) is 5. The number of carboxylic acids is 1. The van der Waals surface area contributed by atoms with Crippen molar-refractivity contribution in [2.75, 3.05) is 35.5 Å². The van der Waals surface area contributed by atoms with E-state index in [4.69, 9.17) is 37.9 Å². The van der Waals surface area contributed by atoms with E-state index in [1.807, 2.05) is 90.1 Å². The van der Waals surface area contributed by atoms with Gasteiger partial charge in [-0.1, -0.05) is 79.1 Å². The second-order valence-corrected chi connectivity index (χ2v) is 26.0. The molecule has 7 atom stereocenters. The van der Waals surface area contributed by atoms with Gasteiger partial charge in [0.15, 0.2) is 0 Å². The maximum Gasteiger partial charge on any atom is 0.325 e. The first-order valence-electron chi connectivity index (χ1n) is 23.9. The Hall–Kier alpha value is -4.92. The minimum absolute atomic E-state index is 0. The highest BCUT2D eigenvalue weighted by atomic mass is 79.9. The zero-order valence-electron chi connectivity index (χ0n) is 46.6. The van der Waals surface area contributed by atoms with E-state index >= 15 is 0 Å². The fraction of sp³-hybridized carbons (Fsp3) is 0.396. The Balaban J connectivity index is 0.000000570. The number of hydrogen-bond acceptors (Lipinski definition) is 22. The molecule has 0 radical (unpaired) electrons. The van der Waals surface area contributed by atoms with Crippen molar-refractivity contribution in [1.29, 1.82) is 0 Å². The van der Waals surface area contributed by atoms with E-state index in [2.05, 4.69) is 65.5 Å². The molecule has 3 heterocycles. The zero-order chi connectivity index (χ0) is 60.1. The Morgan fingerprint density at radius 3 is 1.10 bits per heavy atom. The van der Waals surface area contributed by atoms with E-state index in [1.165, 1.54) is 55.3 Å². The first-order valence-corrected chi connectivity index (χ1v) is 30.4. The molecule has 28 heteroatoms. The van der Waals surface area contributed by atoms with Crippen LogP contribution in [0.5, 0.6) is 11.5 Å². The largest absolute Gasteiger partial charge is 0.497 e. The Bertz CT molecular complexity index is 2930. The SMILES string of the molecule is COC(=O)C(N)C(C)C.COC(=O)C(NOS(=O)c1ccc(Br)s1)C(C)C.COC(=O)C(NOS(=O)c1ccc(C#Cc2ccc(OC)cc2)s1)C(C)C.COc1ccc(C#Cc2ccc(S(=O)ONC(C(=O)O)C(C)C)s2)cc1.Cl. The molecule has 0 aliphatic carbocycles. The van der Waals surface area contributed by atoms with Crippen molar-refractivity contribution in [2.45, 2.75) is 92.2 Å². The molecule has 7 unspecified atom stereocenters. The molecule has 81 heavy (non-hydrogen) atoms. The molecule has 446 valence electrons. The number of methoxy groups -OCH3 is 5. The highest BCUT2D eigenvalue weighted by Gasteiger charge is 2.26. The summed E-state index contributed by atoms with van der Waals surface area (Å²) in [5.74, 6) is 11.1. The fourth-order valence-corrected chi connectivity index (χ4v) is 11.3. The maximum atomic E-state index is 12.3. The van der Waals surface area contributed by atoms with Crippen LogP contribution in [-0.2, 0) is 79.5 Å². The minimum Gasteiger partial charge on any atom is -0.497 e. The van der Waals surface area contributed by atoms with Crippen LogP contribution >= 0.6 is 62.3 Å². The number of thiophene rings is 3. The van der Waals surface area contributed by atoms with E-state index < -0.39 is 75.3 Å². The molecule has 2 aromatic carbocycles. The Morgan fingerprint density at radius 1 is 0.494 bits per heavy atom. The van der Waals surface area contributed by atoms with Crippen LogP contribution in [0.25, 0.3) is 0 Å². The molecule has 0 amide bonds. The van der Waals surface area contributed by atoms with Gasteiger partial charge in [-0.3, -0.25) is 19.2 Å². The molecule has 0 saturated heterocycles. The van der Waals surface area contributed by atoms with Crippen LogP contribution in [0, 0.1) is 47.4 Å². The first-order chi connectivity index (χ1) is 37.9. The molecule has 0 saturated carbocycles. The molecule has 5 aromatic rings. The van der Waals surface area contributed by atoms with Gasteiger partial charge in [-0.25, -0.2) is 12.6 Å². The summed E-state index contributed by atoms with van der Waals surface area (Å²) in [5.41, 5.74) is 14.5. The van der Waals surface area contributed by atoms with Gasteiger partial charge in [0, 0.05) is 11.1 Å². The van der Waals surface area contributed by atoms with Crippen LogP contribution in [0.2, 0.25) is 0 Å². The molecule has 5 rings (SSSR count). The number of benzene rings is 2. The number of esters is 3. The van der Waals surface area contributed by atoms with Crippen molar-refractivity contribution in [3.8, 4) is 35.2 Å². The second kappa shape index (κ2) is 39.5. The van der Waals surface area contributed by atoms with Crippen molar-refractivity contribution in [2.24, 2.45) is 29.4 Å². The summed E-state index contributed by atoms with van der Waals surface area (Å²) < 4.78 is 77.6. The van der Waals surface area contributed by atoms with Gasteiger partial charge in [-0.15, -0.1) is 46.4 Å². The van der Waals surface area contributed by atoms with Gasteiger partial charge in [0.1, 0.15) is 48.3 Å². The van der Waals surface area contributed by atoms with Crippen molar-refractivity contribution >= 4 is 119 Å². The smallest absolute Gasteiger partial charge is 0.325 e. The summed E-state index contributed by atoms with van der Waals surface area (Å²) in [6, 6.07) is 22.3. The lowest BCUT2D eigenvalue weighted by Gasteiger charge is -2.18. The molecule has 6 N–H and O–H groups in total. The highest BCUT2D eigenvalue weighted by Crippen LogP contribution is 2.26. The number of carboxylic acid groups (broad SMARTS) is 1. The van der Waals surface area contributed by atoms with Gasteiger partial charge in [0.05, 0.1) is 49.1 Å². The number of nitrogens with two attached hydrogens (primary N) is 1. The van der Waals surface area contributed by atoms with Gasteiger partial charge in [0.2, 0.25) is 33.2 Å². The van der Waals surface area contributed by atoms with Crippen LogP contribution in [0.4, 0.5) is 0 Å². The van der Waals surface area contributed by atoms with E-state index in [-0.39, 0.29) is 42.0 Å². The lowest BCUT2D eigenvalue weighted by atomic mass is 10.1. The maximum absolute atomic E-state index is 12.3. The van der Waals surface area contributed by atoms with E-state index in [1.54, 1.807) is 64.5 Å². The number of carbonyl (C=O) groups excluding carboxylic acids is 3. The van der Waals surface area contributed by atoms with Crippen molar-refractivity contribution in [3.05, 3.63) is 110 Å². The van der Waals surface area contributed by atoms with Gasteiger partial charge in [-0.05, 0) is 125 Å². The van der Waals surface area contributed by atoms with Gasteiger partial charge in [-0.2, -0.15) is 29.3 Å². The van der Waals surface area contributed by atoms with Gasteiger partial charge < -0.3 is 34.5 Å². The number of hydroxylamine groups is 3. The summed E-state index contributed by atoms with van der Waals surface area (Å²) in [4.78, 5) is 46.3. The molecule has 0 bridgehead atoms. The van der Waals surface area contributed by atoms with Crippen LogP contribution in [0.1, 0.15) is 76.3 Å². The van der Waals surface area contributed by atoms with E-state index in [0.29, 0.717) is 12.6 Å². The minimum atomic E-state index is -1.81. The normalized spacial score (nSPS) is 13.1. The van der Waals surface area contributed by atoms with Gasteiger partial charge >= 0.3 is 23.9 Å². The average molecular weight is 1320 g/mol. The second-order valence-electron chi connectivity index (χ2n) is 17.4. The summed E-state index contributed by atoms with van der Waals surface area (Å²) in [6.07, 6.45) is 0. The highest BCUT2D eigenvalue weighted by molar-refractivity contribution is 9.11. The zero-order valence-corrected chi connectivity index (χ0v) is 53.9. The predicted octanol–water partition coefficient (Wildman–Crippen LogP) is 8.52. The van der Waals surface area contributed by atoms with Crippen LogP contribution < -0.4 is 31.6 Å². The standard InChI is InChI=1S/C19H21NO5S2.C18H19NO5S2.C10H14BrNO4S2.C6H13NO2.ClH/c1-13(2)18(19(21)24-4)20-25-27(22)17-12-11-16(26-17)10-7-14-5-8-15(23-3)9-6-14;1-12(2)17(18(20)21)19-24-26(22)16-11-10-15(25-16)9-6-13-4-7-14(23-3)8-5-13;1-6(2)9(10(13)15-3)12-16-18(14)8-5-4-7(11)17-8;1-4(2)5(7)6(8)9-3;/h5-6,8-9,11-13,18,20H,1-4H3;4-5,7-8,10-12,17,19H,1-3H3,(H,20,21);4-6,9,12H,1-3H3;4-5H,7H2,1-3H3;1H. The number of halogens is 2. The van der Waals surface area contributed by atoms with E-state index in [9.17, 15) is 31.8 Å². The average Bonchev–Trinajstić information content (AvgIpc) is 4.24. The lowest BCUT2D eigenvalue weighted by Crippen LogP contribution is -2.41. The van der Waals surface area contributed by atoms with Crippen LogP contribution in [0.15, 0.2) is 101 Å². The molecule has 0 aliphatic heterocycles. The molecule has 0 aliphatic rings. The molecule has 0 spiro atoms.